The van der Waals surface area contributed by atoms with Crippen LogP contribution in [0.4, 0.5) is 11.4 Å². The van der Waals surface area contributed by atoms with E-state index in [4.69, 9.17) is 46.4 Å². The van der Waals surface area contributed by atoms with Gasteiger partial charge in [0.05, 0.1) is 55.2 Å². The van der Waals surface area contributed by atoms with Crippen molar-refractivity contribution >= 4 is 82.1 Å². The topological polar surface area (TPSA) is 155 Å². The number of para-hydroxylation sites is 2. The van der Waals surface area contributed by atoms with Gasteiger partial charge in [-0.3, -0.25) is 14.7 Å². The van der Waals surface area contributed by atoms with Gasteiger partial charge in [0, 0.05) is 33.0 Å². The zero-order valence-corrected chi connectivity index (χ0v) is 31.7. The van der Waals surface area contributed by atoms with E-state index in [2.05, 4.69) is 27.1 Å². The van der Waals surface area contributed by atoms with Crippen LogP contribution in [0.2, 0.25) is 20.1 Å². The Labute approximate surface area is 334 Å². The van der Waals surface area contributed by atoms with Crippen molar-refractivity contribution in [3.63, 3.8) is 0 Å². The Morgan fingerprint density at radius 3 is 1.53 bits per heavy atom. The zero-order valence-electron chi connectivity index (χ0n) is 27.6. The van der Waals surface area contributed by atoms with Crippen molar-refractivity contribution in [2.24, 2.45) is 9.98 Å². The first kappa shape index (κ1) is 40.7. The largest absolute Gasteiger partial charge is 0.493 e. The molecule has 0 aliphatic heterocycles. The predicted molar refractivity (Wildman–Crippen MR) is 204 cm³/mol. The second-order valence-electron chi connectivity index (χ2n) is 11.0. The molecule has 0 bridgehead atoms. The average molecular weight is 836 g/mol. The van der Waals surface area contributed by atoms with E-state index in [0.29, 0.717) is 33.9 Å². The zero-order chi connectivity index (χ0) is 37.7. The van der Waals surface area contributed by atoms with Gasteiger partial charge >= 0.3 is 11.9 Å². The molecule has 6 aromatic rings. The van der Waals surface area contributed by atoms with E-state index in [1.54, 1.807) is 23.7 Å². The van der Waals surface area contributed by atoms with Gasteiger partial charge in [0.25, 0.3) is 0 Å². The number of aliphatic imine (C=N–C) groups is 2. The van der Waals surface area contributed by atoms with Crippen LogP contribution in [0.5, 0.6) is 5.88 Å². The van der Waals surface area contributed by atoms with Gasteiger partial charge < -0.3 is 15.3 Å². The van der Waals surface area contributed by atoms with Crippen LogP contribution in [-0.4, -0.2) is 59.2 Å². The summed E-state index contributed by atoms with van der Waals surface area (Å²) < 4.78 is 3.08. The standard InChI is InChI=1S/C19H14Cl2N3O2.C18H13Cl2N3O3.Co/c1-11-16(12(2)24(23-11)14-6-4-3-5-7-14)10-22-18-15(19(25)26)8-13(20)9-17(18)21;1-10-14(17(24)23(22-10)12-5-3-2-4-6-12)9-21-16-13(18(25)26)7-11(19)8-15(16)20;/h3-10H,2H2,1H3,(H,25,26);2-9,24H,1H3,(H,25,26);/q-1;;. The minimum atomic E-state index is -1.21. The Kier molecular flexibility index (Phi) is 13.5. The molecule has 2 aromatic heterocycles. The maximum atomic E-state index is 11.4. The summed E-state index contributed by atoms with van der Waals surface area (Å²) in [6, 6.07) is 24.1. The maximum Gasteiger partial charge on any atom is 0.338 e. The van der Waals surface area contributed by atoms with E-state index in [1.165, 1.54) is 41.4 Å². The molecule has 53 heavy (non-hydrogen) atoms. The van der Waals surface area contributed by atoms with E-state index in [9.17, 15) is 24.9 Å². The molecule has 273 valence electrons. The number of carbonyl (C=O) groups is 2. The number of aromatic nitrogens is 4. The summed E-state index contributed by atoms with van der Waals surface area (Å²) in [5.41, 5.74) is 4.46. The summed E-state index contributed by atoms with van der Waals surface area (Å²) in [4.78, 5) is 31.3. The molecule has 4 aromatic carbocycles. The van der Waals surface area contributed by atoms with Gasteiger partial charge in [0.15, 0.2) is 0 Å². The van der Waals surface area contributed by atoms with Crippen LogP contribution < -0.4 is 0 Å². The number of aromatic hydroxyl groups is 1. The molecule has 0 unspecified atom stereocenters. The summed E-state index contributed by atoms with van der Waals surface area (Å²) in [6.45, 7) is 7.60. The Hall–Kier alpha value is -5.08. The molecule has 0 atom stereocenters. The van der Waals surface area contributed by atoms with Crippen LogP contribution >= 0.6 is 46.4 Å². The monoisotopic (exact) mass is 834 g/mol. The number of carboxylic acid groups (broad SMARTS) is 2. The van der Waals surface area contributed by atoms with E-state index in [0.717, 1.165) is 5.69 Å². The second-order valence-corrected chi connectivity index (χ2v) is 12.6. The Bertz CT molecular complexity index is 2200. The molecule has 16 heteroatoms. The third-order valence-electron chi connectivity index (χ3n) is 7.45. The van der Waals surface area contributed by atoms with E-state index in [-0.39, 0.29) is 65.3 Å². The molecule has 1 radical (unpaired) electrons. The fourth-order valence-electron chi connectivity index (χ4n) is 4.94. The van der Waals surface area contributed by atoms with Crippen LogP contribution in [0, 0.1) is 20.8 Å². The summed E-state index contributed by atoms with van der Waals surface area (Å²) in [7, 11) is 0. The number of aromatic carboxylic acids is 2. The summed E-state index contributed by atoms with van der Waals surface area (Å²) in [5, 5.41) is 38.6. The molecule has 0 spiro atoms. The molecule has 11 nitrogen and oxygen atoms in total. The molecule has 0 aliphatic carbocycles. The predicted octanol–water partition coefficient (Wildman–Crippen LogP) is 9.76. The molecule has 0 saturated carbocycles. The Balaban J connectivity index is 0.000000232. The Morgan fingerprint density at radius 1 is 0.679 bits per heavy atom. The first-order valence-corrected chi connectivity index (χ1v) is 16.6. The van der Waals surface area contributed by atoms with E-state index in [1.807, 2.05) is 55.5 Å². The van der Waals surface area contributed by atoms with E-state index < -0.39 is 11.9 Å². The third kappa shape index (κ3) is 9.29. The first-order valence-electron chi connectivity index (χ1n) is 15.1. The number of benzene rings is 4. The van der Waals surface area contributed by atoms with Gasteiger partial charge in [-0.15, -0.1) is 5.56 Å². The second kappa shape index (κ2) is 17.6. The number of nitrogens with zero attached hydrogens (tertiary/aromatic N) is 6. The molecular formula is C37H27Cl4CoN6O5-. The Morgan fingerprint density at radius 2 is 1.08 bits per heavy atom. The van der Waals surface area contributed by atoms with Crippen molar-refractivity contribution in [1.29, 1.82) is 0 Å². The molecule has 0 amide bonds. The fraction of sp³-hybridized carbons (Fsp3) is 0.0541. The van der Waals surface area contributed by atoms with Crippen molar-refractivity contribution in [3.8, 4) is 17.3 Å². The number of carboxylic acids is 2. The number of rotatable bonds is 8. The molecule has 3 N–H and O–H groups in total. The van der Waals surface area contributed by atoms with Gasteiger partial charge in [-0.2, -0.15) is 10.2 Å². The minimum absolute atomic E-state index is 0. The van der Waals surface area contributed by atoms with Crippen LogP contribution in [0.15, 0.2) is 94.9 Å². The molecule has 6 rings (SSSR count). The molecule has 2 heterocycles. The van der Waals surface area contributed by atoms with Crippen molar-refractivity contribution in [2.75, 3.05) is 0 Å². The maximum absolute atomic E-state index is 11.4. The van der Waals surface area contributed by atoms with E-state index >= 15 is 0 Å². The summed E-state index contributed by atoms with van der Waals surface area (Å²) >= 11 is 23.9. The molecule has 0 fully saturated rings. The number of hydrogen-bond donors (Lipinski definition) is 3. The third-order valence-corrected chi connectivity index (χ3v) is 8.46. The van der Waals surface area contributed by atoms with Gasteiger partial charge in [0.2, 0.25) is 5.88 Å². The van der Waals surface area contributed by atoms with Crippen LogP contribution in [0.25, 0.3) is 11.4 Å². The fourth-order valence-corrected chi connectivity index (χ4v) is 6.03. The van der Waals surface area contributed by atoms with Gasteiger partial charge in [-0.05, 0) is 74.3 Å². The SMILES string of the molecule is Cc1nn(-c2ccccc2)c(O)c1C=Nc1c(Cl)cc(Cl)cc1C(=O)O.[CH2-]c1c(C=Nc2c(Cl)cc(Cl)cc2C(=O)O)c(C)nn1-c1ccccc1.[Co]. The number of hydrogen-bond acceptors (Lipinski definition) is 7. The number of aryl methyl sites for hydroxylation is 2. The van der Waals surface area contributed by atoms with Crippen molar-refractivity contribution < 1.29 is 41.7 Å². The van der Waals surface area contributed by atoms with Gasteiger partial charge in [0.1, 0.15) is 0 Å². The average Bonchev–Trinajstić information content (AvgIpc) is 3.56. The number of halogens is 4. The first-order chi connectivity index (χ1) is 24.8. The minimum Gasteiger partial charge on any atom is -0.493 e. The van der Waals surface area contributed by atoms with Gasteiger partial charge in [-0.25, -0.2) is 21.2 Å². The smallest absolute Gasteiger partial charge is 0.338 e. The van der Waals surface area contributed by atoms with Crippen molar-refractivity contribution in [2.45, 2.75) is 13.8 Å². The molecular weight excluding hydrogens is 809 g/mol. The van der Waals surface area contributed by atoms with Crippen molar-refractivity contribution in [1.82, 2.24) is 19.6 Å². The normalized spacial score (nSPS) is 11.0. The molecule has 0 saturated heterocycles. The quantitative estimate of drug-likeness (QED) is 0.102. The van der Waals surface area contributed by atoms with Crippen LogP contribution in [0.1, 0.15) is 48.9 Å². The summed E-state index contributed by atoms with van der Waals surface area (Å²) in [6.07, 6.45) is 2.85. The van der Waals surface area contributed by atoms with Crippen molar-refractivity contribution in [3.05, 3.63) is 151 Å². The van der Waals surface area contributed by atoms with Crippen LogP contribution in [0.3, 0.4) is 0 Å². The van der Waals surface area contributed by atoms with Crippen LogP contribution in [-0.2, 0) is 16.8 Å². The summed E-state index contributed by atoms with van der Waals surface area (Å²) in [5.74, 6) is -2.48. The van der Waals surface area contributed by atoms with Gasteiger partial charge in [-0.1, -0.05) is 88.5 Å². The molecule has 0 aliphatic rings.